The van der Waals surface area contributed by atoms with Crippen LogP contribution in [0.3, 0.4) is 0 Å². The number of rotatable bonds is 19. The van der Waals surface area contributed by atoms with E-state index in [1.54, 1.807) is 0 Å². The van der Waals surface area contributed by atoms with Crippen molar-refractivity contribution in [2.24, 2.45) is 5.41 Å². The lowest BCUT2D eigenvalue weighted by atomic mass is 9.87. The molecule has 2 amide bonds. The molecule has 0 aromatic carbocycles. The zero-order valence-corrected chi connectivity index (χ0v) is 30.6. The van der Waals surface area contributed by atoms with Crippen LogP contribution in [0.15, 0.2) is 12.7 Å². The molecule has 3 unspecified atom stereocenters. The van der Waals surface area contributed by atoms with Gasteiger partial charge in [-0.25, -0.2) is 28.6 Å². The standard InChI is InChI=1S/C23H38N7O17P3S/c1-12(31)51-7-6-25-14(32)4-5-26-21(35)18(34)23(2,3)9-44-50(41,42)47-49(39,40)43-8-13-17(46-48(36,37)38)16(33)22(45-13)30-11-29-15-19(24)27-10-28-20(15)30/h10-11,13,16-18,22,33-34H,4-9H2,1-3H3,(H,25,32)(H,26,35)(H,39,40)(H,41,42)(H2,24,27,28)(H2,36,37,38)/t13-,16?,17+,18+,22-/m1/s1. The van der Waals surface area contributed by atoms with Gasteiger partial charge in [-0.15, -0.1) is 0 Å². The first-order valence-corrected chi connectivity index (χ1v) is 20.0. The number of anilines is 1. The molecule has 51 heavy (non-hydrogen) atoms. The van der Waals surface area contributed by atoms with Crippen molar-refractivity contribution >= 4 is 69.1 Å². The Hall–Kier alpha value is -2.44. The van der Waals surface area contributed by atoms with Gasteiger partial charge in [0.05, 0.1) is 19.5 Å². The van der Waals surface area contributed by atoms with E-state index >= 15 is 0 Å². The van der Waals surface area contributed by atoms with Gasteiger partial charge in [-0.3, -0.25) is 32.5 Å². The Bertz CT molecular complexity index is 1710. The number of fused-ring (bicyclic) bond motifs is 1. The zero-order chi connectivity index (χ0) is 38.4. The molecule has 0 radical (unpaired) electrons. The molecule has 1 aliphatic rings. The van der Waals surface area contributed by atoms with Crippen LogP contribution in [-0.4, -0.2) is 123 Å². The number of hydrogen-bond donors (Lipinski definition) is 9. The predicted octanol–water partition coefficient (Wildman–Crippen LogP) is -1.32. The Morgan fingerprint density at radius 3 is 2.39 bits per heavy atom. The molecule has 10 N–H and O–H groups in total. The van der Waals surface area contributed by atoms with E-state index in [2.05, 4.69) is 34.4 Å². The van der Waals surface area contributed by atoms with Crippen LogP contribution >= 0.6 is 35.2 Å². The smallest absolute Gasteiger partial charge is 0.386 e. The summed E-state index contributed by atoms with van der Waals surface area (Å²) in [6.45, 7) is 1.90. The predicted molar refractivity (Wildman–Crippen MR) is 173 cm³/mol. The molecule has 3 heterocycles. The van der Waals surface area contributed by atoms with Crippen molar-refractivity contribution in [3.63, 3.8) is 0 Å². The Balaban J connectivity index is 1.55. The number of phosphoric ester groups is 3. The second-order valence-corrected chi connectivity index (χ2v) is 16.9. The van der Waals surface area contributed by atoms with Crippen LogP contribution in [0.1, 0.15) is 33.4 Å². The van der Waals surface area contributed by atoms with Crippen LogP contribution in [0.5, 0.6) is 0 Å². The molecule has 2 aromatic heterocycles. The summed E-state index contributed by atoms with van der Waals surface area (Å²) in [6.07, 6.45) is -6.88. The highest BCUT2D eigenvalue weighted by Gasteiger charge is 2.50. The van der Waals surface area contributed by atoms with E-state index in [0.29, 0.717) is 5.75 Å². The van der Waals surface area contributed by atoms with Crippen molar-refractivity contribution in [2.45, 2.75) is 57.8 Å². The Morgan fingerprint density at radius 2 is 1.75 bits per heavy atom. The number of ether oxygens (including phenoxy) is 1. The number of aliphatic hydroxyl groups excluding tert-OH is 2. The lowest BCUT2D eigenvalue weighted by Gasteiger charge is -2.30. The maximum atomic E-state index is 12.6. The maximum Gasteiger partial charge on any atom is 0.481 e. The molecule has 1 fully saturated rings. The normalized spacial score (nSPS) is 22.6. The molecule has 0 bridgehead atoms. The average Bonchev–Trinajstić information content (AvgIpc) is 3.57. The van der Waals surface area contributed by atoms with Crippen LogP contribution in [-0.2, 0) is 50.7 Å². The highest BCUT2D eigenvalue weighted by atomic mass is 32.2. The third-order valence-corrected chi connectivity index (χ3v) is 10.7. The van der Waals surface area contributed by atoms with Gasteiger partial charge in [0.15, 0.2) is 22.8 Å². The largest absolute Gasteiger partial charge is 0.481 e. The molecule has 1 aliphatic heterocycles. The minimum absolute atomic E-state index is 0.0310. The van der Waals surface area contributed by atoms with Crippen molar-refractivity contribution in [3.8, 4) is 0 Å². The number of imidazole rings is 1. The molecule has 0 saturated carbocycles. The van der Waals surface area contributed by atoms with Crippen molar-refractivity contribution in [3.05, 3.63) is 12.7 Å². The molecule has 0 spiro atoms. The van der Waals surface area contributed by atoms with Crippen LogP contribution in [0.2, 0.25) is 0 Å². The quantitative estimate of drug-likeness (QED) is 0.0587. The number of hydrogen-bond acceptors (Lipinski definition) is 18. The van der Waals surface area contributed by atoms with Gasteiger partial charge in [0.1, 0.15) is 36.3 Å². The fourth-order valence-electron chi connectivity index (χ4n) is 4.32. The van der Waals surface area contributed by atoms with Gasteiger partial charge in [0.25, 0.3) is 0 Å². The number of thioether (sulfide) groups is 1. The summed E-state index contributed by atoms with van der Waals surface area (Å²) < 4.78 is 61.8. The SMILES string of the molecule is CC(=O)SCCNC(=O)CCNC(=O)[C@H](O)C(C)(C)COP(=O)(O)OP(=O)(O)OC[C@H]1O[C@@H](n2cnc3c(N)ncnc32)C(O)[C@H]1OP(=O)(O)O. The first-order chi connectivity index (χ1) is 23.5. The van der Waals surface area contributed by atoms with E-state index in [-0.39, 0.29) is 41.6 Å². The van der Waals surface area contributed by atoms with E-state index in [1.165, 1.54) is 20.8 Å². The maximum absolute atomic E-state index is 12.6. The molecule has 288 valence electrons. The van der Waals surface area contributed by atoms with Gasteiger partial charge in [-0.05, 0) is 0 Å². The second-order valence-electron chi connectivity index (χ2n) is 11.4. The van der Waals surface area contributed by atoms with E-state index < -0.39 is 84.6 Å². The molecule has 7 atom stereocenters. The summed E-state index contributed by atoms with van der Waals surface area (Å²) in [6, 6.07) is 0. The zero-order valence-electron chi connectivity index (χ0n) is 27.1. The number of nitrogens with two attached hydrogens (primary N) is 1. The second kappa shape index (κ2) is 17.6. The van der Waals surface area contributed by atoms with E-state index in [1.807, 2.05) is 0 Å². The van der Waals surface area contributed by atoms with E-state index in [9.17, 15) is 57.9 Å². The summed E-state index contributed by atoms with van der Waals surface area (Å²) in [5.74, 6) is -1.08. The number of nitrogens with one attached hydrogen (secondary N) is 2. The Morgan fingerprint density at radius 1 is 1.08 bits per heavy atom. The van der Waals surface area contributed by atoms with Gasteiger partial charge >= 0.3 is 23.5 Å². The number of aliphatic hydroxyl groups is 2. The summed E-state index contributed by atoms with van der Waals surface area (Å²) >= 11 is 1.03. The van der Waals surface area contributed by atoms with Crippen molar-refractivity contribution < 1.29 is 80.5 Å². The summed E-state index contributed by atoms with van der Waals surface area (Å²) in [4.78, 5) is 85.9. The molecule has 1 saturated heterocycles. The lowest BCUT2D eigenvalue weighted by molar-refractivity contribution is -0.137. The number of nitrogen functional groups attached to an aromatic ring is 1. The molecule has 2 aromatic rings. The Labute approximate surface area is 293 Å². The summed E-state index contributed by atoms with van der Waals surface area (Å²) in [5, 5.41) is 26.1. The molecule has 0 aliphatic carbocycles. The highest BCUT2D eigenvalue weighted by Crippen LogP contribution is 2.61. The van der Waals surface area contributed by atoms with Crippen LogP contribution in [0.25, 0.3) is 11.2 Å². The first-order valence-electron chi connectivity index (χ1n) is 14.5. The number of carbonyl (C=O) groups excluding carboxylic acids is 3. The topological polar surface area (TPSA) is 364 Å². The van der Waals surface area contributed by atoms with Gasteiger partial charge in [-0.1, -0.05) is 25.6 Å². The molecule has 24 nitrogen and oxygen atoms in total. The van der Waals surface area contributed by atoms with E-state index in [4.69, 9.17) is 19.5 Å². The molecular weight excluding hydrogens is 771 g/mol. The fourth-order valence-corrected chi connectivity index (χ4v) is 7.65. The van der Waals surface area contributed by atoms with Crippen LogP contribution < -0.4 is 16.4 Å². The minimum atomic E-state index is -5.56. The average molecular weight is 810 g/mol. The minimum Gasteiger partial charge on any atom is -0.386 e. The first kappa shape index (κ1) is 43.0. The van der Waals surface area contributed by atoms with Gasteiger partial charge in [0, 0.05) is 37.6 Å². The van der Waals surface area contributed by atoms with Gasteiger partial charge in [0.2, 0.25) is 11.8 Å². The Kier molecular flexibility index (Phi) is 14.8. The summed E-state index contributed by atoms with van der Waals surface area (Å²) in [7, 11) is -16.4. The monoisotopic (exact) mass is 809 g/mol. The lowest BCUT2D eigenvalue weighted by Crippen LogP contribution is -2.46. The third-order valence-electron chi connectivity index (χ3n) is 6.81. The van der Waals surface area contributed by atoms with Crippen LogP contribution in [0, 0.1) is 5.41 Å². The molecular formula is C23H38N7O17P3S. The van der Waals surface area contributed by atoms with Gasteiger partial charge < -0.3 is 50.9 Å². The van der Waals surface area contributed by atoms with Gasteiger partial charge in [-0.2, -0.15) is 4.31 Å². The molecule has 3 rings (SSSR count). The third kappa shape index (κ3) is 12.9. The molecule has 28 heteroatoms. The van der Waals surface area contributed by atoms with Crippen molar-refractivity contribution in [1.82, 2.24) is 30.2 Å². The van der Waals surface area contributed by atoms with Crippen molar-refractivity contribution in [1.29, 1.82) is 0 Å². The highest BCUT2D eigenvalue weighted by molar-refractivity contribution is 8.13. The number of phosphoric acid groups is 3. The number of nitrogens with zero attached hydrogens (tertiary/aromatic N) is 4. The fraction of sp³-hybridized carbons (Fsp3) is 0.652. The van der Waals surface area contributed by atoms with Crippen molar-refractivity contribution in [2.75, 3.05) is 37.8 Å². The number of amides is 2. The number of aromatic nitrogens is 4. The van der Waals surface area contributed by atoms with Crippen LogP contribution in [0.4, 0.5) is 5.82 Å². The summed E-state index contributed by atoms with van der Waals surface area (Å²) in [5.41, 5.74) is 4.26. The number of carbonyl (C=O) groups is 3. The van der Waals surface area contributed by atoms with E-state index in [0.717, 1.165) is 29.0 Å².